The first-order chi connectivity index (χ1) is 42.9. The monoisotopic (exact) mass is 1140 g/mol. The smallest absolute Gasteiger partial charge is 0.294 e. The second kappa shape index (κ2) is 20.1. The van der Waals surface area contributed by atoms with Crippen LogP contribution < -0.4 is 23.5 Å². The number of benzene rings is 11. The molecule has 88 heavy (non-hydrogen) atoms. The summed E-state index contributed by atoms with van der Waals surface area (Å²) in [4.78, 5) is 4.83. The van der Waals surface area contributed by atoms with Crippen LogP contribution in [0.3, 0.4) is 0 Å². The molecule has 3 aromatic heterocycles. The van der Waals surface area contributed by atoms with E-state index in [1.54, 1.807) is 0 Å². The molecule has 0 fully saturated rings. The number of hydrogen-bond donors (Lipinski definition) is 0. The van der Waals surface area contributed by atoms with Crippen LogP contribution in [0.15, 0.2) is 280 Å². The lowest BCUT2D eigenvalue weighted by molar-refractivity contribution is -0.670. The molecule has 0 bridgehead atoms. The zero-order valence-corrected chi connectivity index (χ0v) is 50.6. The van der Waals surface area contributed by atoms with Crippen LogP contribution in [0.4, 0.5) is 34.1 Å². The molecule has 8 nitrogen and oxygen atoms in total. The number of rotatable bonds is 11. The Balaban J connectivity index is 0.758. The van der Waals surface area contributed by atoms with E-state index in [2.05, 4.69) is 366 Å². The van der Waals surface area contributed by atoms with Gasteiger partial charge in [0.25, 0.3) is 11.6 Å². The van der Waals surface area contributed by atoms with Gasteiger partial charge in [0.15, 0.2) is 22.1 Å². The average molecular weight is 1140 g/mol. The van der Waals surface area contributed by atoms with Gasteiger partial charge in [-0.2, -0.15) is 9.13 Å². The molecule has 11 aromatic carbocycles. The van der Waals surface area contributed by atoms with Crippen LogP contribution in [0.2, 0.25) is 0 Å². The van der Waals surface area contributed by atoms with E-state index in [0.29, 0.717) is 0 Å². The van der Waals surface area contributed by atoms with E-state index in [-0.39, 0.29) is 10.8 Å². The van der Waals surface area contributed by atoms with Gasteiger partial charge in [-0.05, 0) is 214 Å². The zero-order chi connectivity index (χ0) is 59.6. The molecule has 0 atom stereocenters. The Bertz CT molecular complexity index is 5030. The first-order valence-corrected chi connectivity index (χ1v) is 30.5. The number of para-hydroxylation sites is 7. The SMILES string of the molecule is C[n+]1ccn(-c2ccc(N(c3ccc(-c4n(-c5ccccc5)c5ccccc5[n+]4C)cc3)c3ccc4c(c3)C(C)(C)c3cc5c(cc3-4)C(C)(C)c3cc(N(c4ccccc4)c4ccc(-c6n(-c7ccccc7)c7ccccc7[n+]6C)cc4)ccc3-5)cc2)c1. The molecule has 0 unspecified atom stereocenters. The molecule has 0 saturated carbocycles. The molecule has 3 heterocycles. The van der Waals surface area contributed by atoms with Gasteiger partial charge >= 0.3 is 0 Å². The third kappa shape index (κ3) is 8.23. The fraction of sp³-hybridized carbons (Fsp3) is 0.113. The molecule has 424 valence electrons. The molecule has 0 aliphatic heterocycles. The van der Waals surface area contributed by atoms with Gasteiger partial charge in [0.2, 0.25) is 6.33 Å². The van der Waals surface area contributed by atoms with Crippen molar-refractivity contribution in [2.45, 2.75) is 38.5 Å². The van der Waals surface area contributed by atoms with Crippen molar-refractivity contribution in [1.82, 2.24) is 13.7 Å². The molecule has 8 heteroatoms. The fourth-order valence-electron chi connectivity index (χ4n) is 14.5. The quantitative estimate of drug-likeness (QED) is 0.121. The number of hydrogen-bond acceptors (Lipinski definition) is 2. The molecule has 0 spiro atoms. The first kappa shape index (κ1) is 52.7. The molecule has 14 aromatic rings. The van der Waals surface area contributed by atoms with Crippen molar-refractivity contribution in [3.8, 4) is 62.1 Å². The third-order valence-corrected chi connectivity index (χ3v) is 19.0. The van der Waals surface area contributed by atoms with Crippen molar-refractivity contribution < 1.29 is 13.7 Å². The van der Waals surface area contributed by atoms with Gasteiger partial charge in [0.1, 0.15) is 29.5 Å². The molecule has 0 radical (unpaired) electrons. The predicted molar refractivity (Wildman–Crippen MR) is 358 cm³/mol. The van der Waals surface area contributed by atoms with Crippen molar-refractivity contribution in [2.24, 2.45) is 21.1 Å². The number of nitrogens with zero attached hydrogens (tertiary/aromatic N) is 8. The minimum absolute atomic E-state index is 0.270. The maximum Gasteiger partial charge on any atom is 0.294 e. The summed E-state index contributed by atoms with van der Waals surface area (Å²) >= 11 is 0. The van der Waals surface area contributed by atoms with Crippen LogP contribution in [0.5, 0.6) is 0 Å². The van der Waals surface area contributed by atoms with Gasteiger partial charge in [-0.3, -0.25) is 0 Å². The minimum atomic E-state index is -0.283. The maximum atomic E-state index is 2.53. The van der Waals surface area contributed by atoms with Gasteiger partial charge in [-0.15, -0.1) is 0 Å². The molecule has 0 saturated heterocycles. The first-order valence-electron chi connectivity index (χ1n) is 30.5. The lowest BCUT2D eigenvalue weighted by Gasteiger charge is -2.28. The second-order valence-corrected chi connectivity index (χ2v) is 24.8. The van der Waals surface area contributed by atoms with Crippen molar-refractivity contribution >= 4 is 56.2 Å². The summed E-state index contributed by atoms with van der Waals surface area (Å²) in [5.74, 6) is 2.25. The van der Waals surface area contributed by atoms with Crippen LogP contribution in [0.1, 0.15) is 49.9 Å². The predicted octanol–water partition coefficient (Wildman–Crippen LogP) is 17.7. The summed E-state index contributed by atoms with van der Waals surface area (Å²) in [6.07, 6.45) is 6.27. The number of aryl methyl sites for hydroxylation is 3. The Morgan fingerprint density at radius 2 is 0.693 bits per heavy atom. The number of aromatic nitrogens is 6. The highest BCUT2D eigenvalue weighted by Crippen LogP contribution is 2.58. The van der Waals surface area contributed by atoms with E-state index in [4.69, 9.17) is 0 Å². The summed E-state index contributed by atoms with van der Waals surface area (Å²) in [5, 5.41) is 0. The van der Waals surface area contributed by atoms with Gasteiger partial charge in [0.05, 0.1) is 32.3 Å². The van der Waals surface area contributed by atoms with Crippen LogP contribution >= 0.6 is 0 Å². The maximum absolute atomic E-state index is 2.53. The topological polar surface area (TPSA) is 32.9 Å². The lowest BCUT2D eigenvalue weighted by Crippen LogP contribution is -2.30. The van der Waals surface area contributed by atoms with E-state index in [1.807, 2.05) is 0 Å². The van der Waals surface area contributed by atoms with E-state index < -0.39 is 0 Å². The highest BCUT2D eigenvalue weighted by atomic mass is 15.2. The Morgan fingerprint density at radius 1 is 0.330 bits per heavy atom. The molecule has 2 aliphatic carbocycles. The van der Waals surface area contributed by atoms with Crippen molar-refractivity contribution in [1.29, 1.82) is 0 Å². The molecule has 2 aliphatic rings. The highest BCUT2D eigenvalue weighted by Gasteiger charge is 2.43. The summed E-state index contributed by atoms with van der Waals surface area (Å²) in [6.45, 7) is 9.66. The number of anilines is 6. The van der Waals surface area contributed by atoms with E-state index >= 15 is 0 Å². The highest BCUT2D eigenvalue weighted by molar-refractivity contribution is 5.93. The number of fused-ring (bicyclic) bond motifs is 8. The van der Waals surface area contributed by atoms with Crippen molar-refractivity contribution in [3.05, 3.63) is 302 Å². The Labute approximate surface area is 514 Å². The minimum Gasteiger partial charge on any atom is -0.310 e. The van der Waals surface area contributed by atoms with Crippen LogP contribution in [-0.2, 0) is 32.0 Å². The third-order valence-electron chi connectivity index (χ3n) is 19.0. The molecular weight excluding hydrogens is 1070 g/mol. The Kier molecular flexibility index (Phi) is 12.1. The molecule has 16 rings (SSSR count). The molecule has 0 amide bonds. The Hall–Kier alpha value is -10.8. The number of imidazole rings is 3. The van der Waals surface area contributed by atoms with Gasteiger partial charge in [-0.1, -0.05) is 119 Å². The van der Waals surface area contributed by atoms with Crippen molar-refractivity contribution in [2.75, 3.05) is 9.80 Å². The van der Waals surface area contributed by atoms with E-state index in [0.717, 1.165) is 74.0 Å². The average Bonchev–Trinajstić information content (AvgIpc) is 1.57. The summed E-state index contributed by atoms with van der Waals surface area (Å²) < 4.78 is 13.6. The largest absolute Gasteiger partial charge is 0.310 e. The fourth-order valence-corrected chi connectivity index (χ4v) is 14.5. The summed E-state index contributed by atoms with van der Waals surface area (Å²) in [6, 6.07) is 96.1. The second-order valence-electron chi connectivity index (χ2n) is 24.8. The summed E-state index contributed by atoms with van der Waals surface area (Å²) in [5.41, 5.74) is 27.0. The van der Waals surface area contributed by atoms with Crippen molar-refractivity contribution in [3.63, 3.8) is 0 Å². The van der Waals surface area contributed by atoms with Gasteiger partial charge < -0.3 is 9.80 Å². The normalized spacial score (nSPS) is 13.4. The standard InChI is InChI=1S/C80H67N8/c1-79(2)69-49-63(85(57-21-11-8-12-22-57)60-35-31-54(32-36-60)77-82(6)73-27-17-19-29-75(73)87(77)58-23-13-9-14-24-58)43-45-65(69)67-51-72-68(52-71(67)79)66-46-44-64(50-70(66)80(72,3)4)86(62-41-39-56(40-42-62)84-48-47-81(5)53-84)61-37-33-55(34-38-61)78-83(7)74-28-18-20-30-76(74)88(78)59-25-15-10-16-26-59/h8-53H,1-7H3/q+3. The van der Waals surface area contributed by atoms with Gasteiger partial charge in [-0.25, -0.2) is 18.3 Å². The van der Waals surface area contributed by atoms with E-state index in [9.17, 15) is 0 Å². The van der Waals surface area contributed by atoms with E-state index in [1.165, 1.54) is 66.6 Å². The molecular formula is C80H67N8+3. The van der Waals surface area contributed by atoms with Crippen LogP contribution in [0.25, 0.3) is 84.2 Å². The lowest BCUT2D eigenvalue weighted by atomic mass is 9.79. The van der Waals surface area contributed by atoms with Crippen LogP contribution in [-0.4, -0.2) is 13.7 Å². The summed E-state index contributed by atoms with van der Waals surface area (Å²) in [7, 11) is 6.40. The zero-order valence-electron chi connectivity index (χ0n) is 50.6. The molecule has 0 N–H and O–H groups in total. The van der Waals surface area contributed by atoms with Gasteiger partial charge in [0, 0.05) is 45.0 Å². The van der Waals surface area contributed by atoms with Crippen LogP contribution in [0, 0.1) is 0 Å². The Morgan fingerprint density at radius 3 is 1.11 bits per heavy atom.